The summed E-state index contributed by atoms with van der Waals surface area (Å²) in [5.74, 6) is -0.301. The number of esters is 1. The molecule has 0 aromatic heterocycles. The minimum Gasteiger partial charge on any atom is -0.466 e. The molecule has 2 aromatic carbocycles. The molecule has 2 aromatic rings. The fourth-order valence-corrected chi connectivity index (χ4v) is 8.28. The first-order valence-electron chi connectivity index (χ1n) is 9.81. The molecule has 0 spiro atoms. The van der Waals surface area contributed by atoms with Crippen molar-refractivity contribution < 1.29 is 14.0 Å². The summed E-state index contributed by atoms with van der Waals surface area (Å²) in [6, 6.07) is 21.3. The van der Waals surface area contributed by atoms with E-state index in [9.17, 15) is 4.79 Å². The van der Waals surface area contributed by atoms with Crippen LogP contribution in [0.5, 0.6) is 0 Å². The van der Waals surface area contributed by atoms with Crippen LogP contribution in [0.3, 0.4) is 0 Å². The van der Waals surface area contributed by atoms with E-state index >= 15 is 0 Å². The summed E-state index contributed by atoms with van der Waals surface area (Å²) < 4.78 is 11.5. The smallest absolute Gasteiger partial charge is 0.330 e. The zero-order valence-corrected chi connectivity index (χ0v) is 18.7. The van der Waals surface area contributed by atoms with Crippen LogP contribution in [0.4, 0.5) is 0 Å². The molecule has 2 rings (SSSR count). The second-order valence-corrected chi connectivity index (χ2v) is 12.4. The van der Waals surface area contributed by atoms with Crippen LogP contribution in [0.2, 0.25) is 5.04 Å². The Morgan fingerprint density at radius 1 is 0.964 bits per heavy atom. The van der Waals surface area contributed by atoms with Gasteiger partial charge in [0.05, 0.1) is 7.11 Å². The Hall–Kier alpha value is -2.17. The van der Waals surface area contributed by atoms with Gasteiger partial charge >= 0.3 is 5.97 Å². The maximum atomic E-state index is 11.4. The standard InChI is InChI=1S/C24H32O3Si/c1-20(19-23(25)26-5)13-12-18-27-28(24(2,3)4,21-14-8-6-9-15-21)22-16-10-7-11-17-22/h6-11,14-17,19H,12-13,18H2,1-5H3/b20-19+. The van der Waals surface area contributed by atoms with Gasteiger partial charge in [0.15, 0.2) is 0 Å². The normalized spacial score (nSPS) is 12.7. The lowest BCUT2D eigenvalue weighted by molar-refractivity contribution is -0.134. The van der Waals surface area contributed by atoms with Crippen LogP contribution in [0, 0.1) is 0 Å². The minimum atomic E-state index is -2.47. The molecule has 4 heteroatoms. The van der Waals surface area contributed by atoms with Crippen molar-refractivity contribution in [2.75, 3.05) is 13.7 Å². The monoisotopic (exact) mass is 396 g/mol. The molecular weight excluding hydrogens is 364 g/mol. The molecule has 0 heterocycles. The second kappa shape index (κ2) is 9.85. The van der Waals surface area contributed by atoms with Gasteiger partial charge in [-0.2, -0.15) is 0 Å². The molecule has 0 saturated carbocycles. The number of ether oxygens (including phenoxy) is 1. The van der Waals surface area contributed by atoms with E-state index in [2.05, 4.69) is 81.4 Å². The molecule has 0 bridgehead atoms. The van der Waals surface area contributed by atoms with Gasteiger partial charge in [-0.25, -0.2) is 4.79 Å². The van der Waals surface area contributed by atoms with Crippen molar-refractivity contribution in [2.45, 2.75) is 45.6 Å². The number of carbonyl (C=O) groups excluding carboxylic acids is 1. The third-order valence-corrected chi connectivity index (χ3v) is 10.1. The predicted molar refractivity (Wildman–Crippen MR) is 119 cm³/mol. The van der Waals surface area contributed by atoms with E-state index in [0.717, 1.165) is 18.4 Å². The third kappa shape index (κ3) is 5.21. The summed E-state index contributed by atoms with van der Waals surface area (Å²) in [7, 11) is -1.07. The van der Waals surface area contributed by atoms with E-state index < -0.39 is 8.32 Å². The molecular formula is C24H32O3Si. The Labute approximate surface area is 170 Å². The van der Waals surface area contributed by atoms with Crippen molar-refractivity contribution in [2.24, 2.45) is 0 Å². The van der Waals surface area contributed by atoms with Gasteiger partial charge in [-0.15, -0.1) is 0 Å². The molecule has 0 aliphatic heterocycles. The highest BCUT2D eigenvalue weighted by atomic mass is 28.4. The SMILES string of the molecule is COC(=O)/C=C(\C)CCCO[Si](c1ccccc1)(c1ccccc1)C(C)(C)C. The molecule has 0 aliphatic rings. The lowest BCUT2D eigenvalue weighted by atomic mass is 10.1. The van der Waals surface area contributed by atoms with E-state index in [1.807, 2.05) is 6.92 Å². The highest BCUT2D eigenvalue weighted by Gasteiger charge is 2.49. The molecule has 0 fully saturated rings. The topological polar surface area (TPSA) is 35.5 Å². The van der Waals surface area contributed by atoms with Gasteiger partial charge in [0.2, 0.25) is 0 Å². The van der Waals surface area contributed by atoms with Crippen molar-refractivity contribution in [3.05, 3.63) is 72.3 Å². The second-order valence-electron chi connectivity index (χ2n) is 8.13. The van der Waals surface area contributed by atoms with Crippen LogP contribution in [-0.2, 0) is 14.0 Å². The summed E-state index contributed by atoms with van der Waals surface area (Å²) in [6.45, 7) is 9.45. The van der Waals surface area contributed by atoms with Crippen molar-refractivity contribution in [3.8, 4) is 0 Å². The van der Waals surface area contributed by atoms with Gasteiger partial charge in [0, 0.05) is 12.7 Å². The summed E-state index contributed by atoms with van der Waals surface area (Å²) in [5.41, 5.74) is 1.01. The Morgan fingerprint density at radius 3 is 1.89 bits per heavy atom. The molecule has 0 saturated heterocycles. The van der Waals surface area contributed by atoms with Gasteiger partial charge in [0.25, 0.3) is 8.32 Å². The quantitative estimate of drug-likeness (QED) is 0.286. The van der Waals surface area contributed by atoms with E-state index in [4.69, 9.17) is 9.16 Å². The van der Waals surface area contributed by atoms with Crippen LogP contribution in [0.1, 0.15) is 40.5 Å². The number of rotatable bonds is 8. The highest BCUT2D eigenvalue weighted by molar-refractivity contribution is 6.99. The van der Waals surface area contributed by atoms with E-state index in [1.165, 1.54) is 17.5 Å². The molecule has 0 N–H and O–H groups in total. The summed E-state index contributed by atoms with van der Waals surface area (Å²) in [4.78, 5) is 11.4. The van der Waals surface area contributed by atoms with Gasteiger partial charge < -0.3 is 9.16 Å². The van der Waals surface area contributed by atoms with Crippen LogP contribution < -0.4 is 10.4 Å². The highest BCUT2D eigenvalue weighted by Crippen LogP contribution is 2.36. The van der Waals surface area contributed by atoms with Gasteiger partial charge in [-0.05, 0) is 35.2 Å². The average molecular weight is 397 g/mol. The third-order valence-electron chi connectivity index (χ3n) is 5.02. The number of benzene rings is 2. The molecule has 28 heavy (non-hydrogen) atoms. The van der Waals surface area contributed by atoms with E-state index in [0.29, 0.717) is 6.61 Å². The lowest BCUT2D eigenvalue weighted by Gasteiger charge is -2.43. The maximum absolute atomic E-state index is 11.4. The van der Waals surface area contributed by atoms with Crippen molar-refractivity contribution >= 4 is 24.7 Å². The molecule has 0 unspecified atom stereocenters. The first kappa shape index (κ1) is 22.1. The van der Waals surface area contributed by atoms with E-state index in [-0.39, 0.29) is 11.0 Å². The van der Waals surface area contributed by atoms with E-state index in [1.54, 1.807) is 6.08 Å². The number of hydrogen-bond acceptors (Lipinski definition) is 3. The number of allylic oxidation sites excluding steroid dienone is 1. The van der Waals surface area contributed by atoms with Crippen LogP contribution in [0.25, 0.3) is 0 Å². The Kier molecular flexibility index (Phi) is 7.78. The molecule has 0 radical (unpaired) electrons. The van der Waals surface area contributed by atoms with Crippen LogP contribution in [0.15, 0.2) is 72.3 Å². The predicted octanol–water partition coefficient (Wildman–Crippen LogP) is 4.46. The number of methoxy groups -OCH3 is 1. The molecule has 0 amide bonds. The van der Waals surface area contributed by atoms with Crippen LogP contribution in [-0.4, -0.2) is 28.0 Å². The van der Waals surface area contributed by atoms with Crippen molar-refractivity contribution in [1.29, 1.82) is 0 Å². The summed E-state index contributed by atoms with van der Waals surface area (Å²) in [6.07, 6.45) is 3.24. The molecule has 0 atom stereocenters. The largest absolute Gasteiger partial charge is 0.466 e. The van der Waals surface area contributed by atoms with Gasteiger partial charge in [-0.3, -0.25) is 0 Å². The Balaban J connectivity index is 2.29. The number of carbonyl (C=O) groups is 1. The maximum Gasteiger partial charge on any atom is 0.330 e. The van der Waals surface area contributed by atoms with Crippen LogP contribution >= 0.6 is 0 Å². The first-order chi connectivity index (χ1) is 13.3. The lowest BCUT2D eigenvalue weighted by Crippen LogP contribution is -2.66. The summed E-state index contributed by atoms with van der Waals surface area (Å²) in [5, 5.41) is 2.55. The molecule has 0 aliphatic carbocycles. The zero-order valence-electron chi connectivity index (χ0n) is 17.7. The van der Waals surface area contributed by atoms with Crippen molar-refractivity contribution in [1.82, 2.24) is 0 Å². The van der Waals surface area contributed by atoms with Crippen molar-refractivity contribution in [3.63, 3.8) is 0 Å². The first-order valence-corrected chi connectivity index (χ1v) is 11.7. The van der Waals surface area contributed by atoms with Gasteiger partial charge in [0.1, 0.15) is 0 Å². The molecule has 150 valence electrons. The fourth-order valence-electron chi connectivity index (χ4n) is 3.67. The van der Waals surface area contributed by atoms with Gasteiger partial charge in [-0.1, -0.05) is 87.0 Å². The minimum absolute atomic E-state index is 0.0212. The molecule has 3 nitrogen and oxygen atoms in total. The Bertz CT molecular complexity index is 737. The zero-order chi connectivity index (χ0) is 20.6. The summed E-state index contributed by atoms with van der Waals surface area (Å²) >= 11 is 0. The Morgan fingerprint density at radius 2 is 1.46 bits per heavy atom. The average Bonchev–Trinajstić information content (AvgIpc) is 2.68. The fraction of sp³-hybridized carbons (Fsp3) is 0.375. The number of hydrogen-bond donors (Lipinski definition) is 0.